The second kappa shape index (κ2) is 9.21. The number of aryl methyl sites for hydroxylation is 2. The number of amides is 1. The van der Waals surface area contributed by atoms with Crippen LogP contribution in [0.2, 0.25) is 10.0 Å². The van der Waals surface area contributed by atoms with Gasteiger partial charge in [-0.15, -0.1) is 5.10 Å². The number of benzene rings is 2. The number of rotatable bonds is 4. The topological polar surface area (TPSA) is 81.4 Å². The molecule has 2 aromatic carbocycles. The van der Waals surface area contributed by atoms with Crippen molar-refractivity contribution in [2.24, 2.45) is 12.2 Å². The predicted octanol–water partition coefficient (Wildman–Crippen LogP) is 6.28. The summed E-state index contributed by atoms with van der Waals surface area (Å²) < 4.78 is 81.8. The van der Waals surface area contributed by atoms with E-state index < -0.39 is 42.1 Å². The molecule has 0 fully saturated rings. The largest absolute Gasteiger partial charge is 0.453 e. The fourth-order valence-corrected chi connectivity index (χ4v) is 4.25. The van der Waals surface area contributed by atoms with Gasteiger partial charge >= 0.3 is 12.4 Å². The highest BCUT2D eigenvalue weighted by Gasteiger charge is 2.62. The fraction of sp³-hybridized carbons (Fsp3) is 0.273. The van der Waals surface area contributed by atoms with Crippen LogP contribution in [-0.2, 0) is 23.7 Å². The minimum atomic E-state index is -4.88. The van der Waals surface area contributed by atoms with Crippen LogP contribution in [-0.4, -0.2) is 32.6 Å². The Bertz CT molecular complexity index is 1400. The van der Waals surface area contributed by atoms with Gasteiger partial charge in [-0.05, 0) is 48.4 Å². The lowest BCUT2D eigenvalue weighted by molar-refractivity contribution is -0.275. The Labute approximate surface area is 215 Å². The molecule has 0 bridgehead atoms. The van der Waals surface area contributed by atoms with Crippen LogP contribution >= 0.6 is 23.2 Å². The number of alkyl halides is 6. The fourth-order valence-electron chi connectivity index (χ4n) is 3.73. The molecule has 1 atom stereocenters. The Morgan fingerprint density at radius 2 is 1.73 bits per heavy atom. The summed E-state index contributed by atoms with van der Waals surface area (Å²) in [5.41, 5.74) is -2.61. The molecule has 4 rings (SSSR count). The molecule has 1 unspecified atom stereocenters. The highest BCUT2D eigenvalue weighted by Crippen LogP contribution is 2.49. The molecule has 1 aliphatic heterocycles. The van der Waals surface area contributed by atoms with Crippen molar-refractivity contribution >= 4 is 40.8 Å². The SMILES string of the molecule is Cc1cc(C2=NOC(c3cc(Cl)cc(Cl)c3)(C(F)(F)F)C2)ccc1C(=O)Nc1nc(C(F)(F)F)nn1C. The van der Waals surface area contributed by atoms with Crippen molar-refractivity contribution in [3.05, 3.63) is 74.5 Å². The third-order valence-electron chi connectivity index (χ3n) is 5.56. The predicted molar refractivity (Wildman–Crippen MR) is 122 cm³/mol. The zero-order chi connectivity index (χ0) is 27.3. The van der Waals surface area contributed by atoms with Crippen molar-refractivity contribution in [2.45, 2.75) is 31.3 Å². The monoisotopic (exact) mass is 565 g/mol. The number of hydrogen-bond donors (Lipinski definition) is 1. The normalized spacial score (nSPS) is 17.9. The average Bonchev–Trinajstić information content (AvgIpc) is 3.38. The van der Waals surface area contributed by atoms with Crippen LogP contribution < -0.4 is 5.32 Å². The molecule has 1 amide bonds. The summed E-state index contributed by atoms with van der Waals surface area (Å²) in [6.07, 6.45) is -10.4. The van der Waals surface area contributed by atoms with Gasteiger partial charge in [0.25, 0.3) is 17.3 Å². The maximum atomic E-state index is 14.2. The first-order valence-corrected chi connectivity index (χ1v) is 11.1. The number of anilines is 1. The van der Waals surface area contributed by atoms with Crippen molar-refractivity contribution in [2.75, 3.05) is 5.32 Å². The van der Waals surface area contributed by atoms with Gasteiger partial charge in [0.05, 0.1) is 5.71 Å². The van der Waals surface area contributed by atoms with E-state index in [9.17, 15) is 31.1 Å². The van der Waals surface area contributed by atoms with Crippen LogP contribution in [0.5, 0.6) is 0 Å². The van der Waals surface area contributed by atoms with Gasteiger partial charge < -0.3 is 4.84 Å². The van der Waals surface area contributed by atoms with Gasteiger partial charge in [-0.1, -0.05) is 34.4 Å². The molecule has 1 aliphatic rings. The van der Waals surface area contributed by atoms with E-state index >= 15 is 0 Å². The molecule has 0 spiro atoms. The Morgan fingerprint density at radius 3 is 2.27 bits per heavy atom. The van der Waals surface area contributed by atoms with Gasteiger partial charge in [0.2, 0.25) is 5.95 Å². The first-order chi connectivity index (χ1) is 17.1. The molecule has 0 aliphatic carbocycles. The van der Waals surface area contributed by atoms with E-state index in [1.807, 2.05) is 0 Å². The van der Waals surface area contributed by atoms with Gasteiger partial charge in [-0.25, -0.2) is 4.68 Å². The number of nitrogens with zero attached hydrogens (tertiary/aromatic N) is 4. The van der Waals surface area contributed by atoms with Crippen LogP contribution in [0.4, 0.5) is 32.3 Å². The molecular weight excluding hydrogens is 551 g/mol. The molecule has 0 radical (unpaired) electrons. The lowest BCUT2D eigenvalue weighted by Gasteiger charge is -2.29. The highest BCUT2D eigenvalue weighted by molar-refractivity contribution is 6.34. The Balaban J connectivity index is 1.59. The molecule has 37 heavy (non-hydrogen) atoms. The van der Waals surface area contributed by atoms with Gasteiger partial charge in [0.1, 0.15) is 0 Å². The van der Waals surface area contributed by atoms with Crippen LogP contribution in [0.25, 0.3) is 0 Å². The summed E-state index contributed by atoms with van der Waals surface area (Å²) in [5, 5.41) is 9.09. The third kappa shape index (κ3) is 5.10. The van der Waals surface area contributed by atoms with Crippen molar-refractivity contribution in [3.63, 3.8) is 0 Å². The lowest BCUT2D eigenvalue weighted by Crippen LogP contribution is -2.42. The van der Waals surface area contributed by atoms with E-state index in [0.29, 0.717) is 5.56 Å². The van der Waals surface area contributed by atoms with Gasteiger partial charge in [0.15, 0.2) is 0 Å². The number of aromatic nitrogens is 3. The standard InChI is InChI=1S/C22H15Cl2F6N5O2/c1-10-5-11(3-4-15(10)17(36)31-19-32-18(21(25,26)27)33-35(19)2)16-9-20(37-34-16,22(28,29)30)12-6-13(23)8-14(24)7-12/h3-8H,9H2,1-2H3,(H,31,32,33,36). The third-order valence-corrected chi connectivity index (χ3v) is 6.00. The Kier molecular flexibility index (Phi) is 6.65. The summed E-state index contributed by atoms with van der Waals surface area (Å²) in [4.78, 5) is 20.9. The molecule has 7 nitrogen and oxygen atoms in total. The Morgan fingerprint density at radius 1 is 1.08 bits per heavy atom. The van der Waals surface area contributed by atoms with E-state index in [0.717, 1.165) is 16.8 Å². The number of carbonyl (C=O) groups is 1. The number of hydrogen-bond acceptors (Lipinski definition) is 5. The first-order valence-electron chi connectivity index (χ1n) is 10.3. The van der Waals surface area contributed by atoms with Crippen molar-refractivity contribution in [1.29, 1.82) is 0 Å². The molecule has 1 aromatic heterocycles. The summed E-state index contributed by atoms with van der Waals surface area (Å²) in [6, 6.07) is 7.52. The van der Waals surface area contributed by atoms with E-state index in [2.05, 4.69) is 20.6 Å². The van der Waals surface area contributed by atoms with E-state index in [4.69, 9.17) is 28.0 Å². The zero-order valence-corrected chi connectivity index (χ0v) is 20.3. The van der Waals surface area contributed by atoms with Crippen LogP contribution in [0.1, 0.15) is 39.3 Å². The van der Waals surface area contributed by atoms with Crippen LogP contribution in [0, 0.1) is 6.92 Å². The molecule has 15 heteroatoms. The van der Waals surface area contributed by atoms with Gasteiger partial charge in [-0.2, -0.15) is 31.3 Å². The minimum absolute atomic E-state index is 0.0142. The first kappa shape index (κ1) is 26.7. The molecule has 1 N–H and O–H groups in total. The van der Waals surface area contributed by atoms with Crippen molar-refractivity contribution in [1.82, 2.24) is 14.8 Å². The molecule has 196 valence electrons. The molecule has 0 saturated carbocycles. The number of oxime groups is 1. The van der Waals surface area contributed by atoms with E-state index in [1.54, 1.807) is 0 Å². The maximum absolute atomic E-state index is 14.2. The lowest BCUT2D eigenvalue weighted by atomic mass is 9.86. The van der Waals surface area contributed by atoms with Crippen LogP contribution in [0.3, 0.4) is 0 Å². The molecule has 3 aromatic rings. The van der Waals surface area contributed by atoms with E-state index in [-0.39, 0.29) is 32.4 Å². The maximum Gasteiger partial charge on any atom is 0.453 e. The average molecular weight is 566 g/mol. The smallest absolute Gasteiger partial charge is 0.374 e. The molecule has 2 heterocycles. The number of nitrogens with one attached hydrogen (secondary N) is 1. The molecule has 0 saturated heterocycles. The summed E-state index contributed by atoms with van der Waals surface area (Å²) >= 11 is 11.8. The number of halogens is 8. The van der Waals surface area contributed by atoms with E-state index in [1.165, 1.54) is 38.2 Å². The van der Waals surface area contributed by atoms with Gasteiger partial charge in [-0.3, -0.25) is 10.1 Å². The minimum Gasteiger partial charge on any atom is -0.374 e. The second-order valence-electron chi connectivity index (χ2n) is 8.15. The summed E-state index contributed by atoms with van der Waals surface area (Å²) in [7, 11) is 1.17. The summed E-state index contributed by atoms with van der Waals surface area (Å²) in [5.74, 6) is -2.66. The quantitative estimate of drug-likeness (QED) is 0.377. The van der Waals surface area contributed by atoms with Crippen LogP contribution in [0.15, 0.2) is 41.6 Å². The van der Waals surface area contributed by atoms with Crippen molar-refractivity contribution in [3.8, 4) is 0 Å². The second-order valence-corrected chi connectivity index (χ2v) is 9.03. The Hall–Kier alpha value is -3.32. The van der Waals surface area contributed by atoms with Gasteiger partial charge in [0, 0.05) is 34.6 Å². The van der Waals surface area contributed by atoms with Crippen molar-refractivity contribution < 1.29 is 36.0 Å². The summed E-state index contributed by atoms with van der Waals surface area (Å²) in [6.45, 7) is 1.50. The highest BCUT2D eigenvalue weighted by atomic mass is 35.5. The molecular formula is C22H15Cl2F6N5O2. The zero-order valence-electron chi connectivity index (χ0n) is 18.8. The number of carbonyl (C=O) groups excluding carboxylic acids is 1.